The Kier molecular flexibility index (Phi) is 6.37. The van der Waals surface area contributed by atoms with Crippen molar-refractivity contribution >= 4 is 5.69 Å². The van der Waals surface area contributed by atoms with E-state index in [1.165, 1.54) is 11.3 Å². The van der Waals surface area contributed by atoms with Crippen LogP contribution in [0.3, 0.4) is 0 Å². The minimum Gasteiger partial charge on any atom is -0.387 e. The molecule has 2 aromatic rings. The highest BCUT2D eigenvalue weighted by Gasteiger charge is 2.06. The Labute approximate surface area is 132 Å². The second-order valence-corrected chi connectivity index (χ2v) is 5.27. The van der Waals surface area contributed by atoms with Gasteiger partial charge in [-0.05, 0) is 49.2 Å². The Morgan fingerprint density at radius 3 is 2.27 bits per heavy atom. The Morgan fingerprint density at radius 1 is 1.05 bits per heavy atom. The summed E-state index contributed by atoms with van der Waals surface area (Å²) in [6.07, 6.45) is 2.90. The highest BCUT2D eigenvalue weighted by molar-refractivity contribution is 5.47. The van der Waals surface area contributed by atoms with Gasteiger partial charge in [0.25, 0.3) is 0 Å². The molecule has 2 rings (SSSR count). The molecule has 0 fully saturated rings. The molecule has 2 N–H and O–H groups in total. The van der Waals surface area contributed by atoms with Gasteiger partial charge in [-0.15, -0.1) is 0 Å². The summed E-state index contributed by atoms with van der Waals surface area (Å²) in [5, 5.41) is 13.4. The zero-order chi connectivity index (χ0) is 15.8. The molecule has 0 aliphatic carbocycles. The van der Waals surface area contributed by atoms with E-state index in [1.807, 2.05) is 12.1 Å². The van der Waals surface area contributed by atoms with Crippen LogP contribution >= 0.6 is 0 Å². The van der Waals surface area contributed by atoms with E-state index in [0.29, 0.717) is 6.54 Å². The lowest BCUT2D eigenvalue weighted by molar-refractivity contribution is 0.174. The van der Waals surface area contributed by atoms with Crippen molar-refractivity contribution in [2.24, 2.45) is 0 Å². The Bertz CT molecular complexity index is 538. The van der Waals surface area contributed by atoms with Gasteiger partial charge in [0.05, 0.1) is 6.10 Å². The summed E-state index contributed by atoms with van der Waals surface area (Å²) in [6.45, 7) is 7.65. The Morgan fingerprint density at radius 2 is 1.68 bits per heavy atom. The minimum atomic E-state index is -0.502. The molecule has 1 unspecified atom stereocenters. The van der Waals surface area contributed by atoms with Crippen LogP contribution in [0.15, 0.2) is 48.8 Å². The number of rotatable bonds is 8. The molecule has 1 heterocycles. The lowest BCUT2D eigenvalue weighted by atomic mass is 10.1. The van der Waals surface area contributed by atoms with Gasteiger partial charge in [0.2, 0.25) is 0 Å². The largest absolute Gasteiger partial charge is 0.387 e. The molecule has 4 nitrogen and oxygen atoms in total. The van der Waals surface area contributed by atoms with Crippen molar-refractivity contribution in [1.29, 1.82) is 0 Å². The molecule has 22 heavy (non-hydrogen) atoms. The standard InChI is InChI=1S/C18H25N3O/c1-3-21(4-2)17-7-5-15(6-8-17)13-20-14-18(22)16-9-11-19-12-10-16/h5-12,18,20,22H,3-4,13-14H2,1-2H3. The molecule has 0 saturated carbocycles. The fourth-order valence-electron chi connectivity index (χ4n) is 2.47. The number of benzene rings is 1. The molecule has 0 spiro atoms. The third kappa shape index (κ3) is 4.55. The third-order valence-corrected chi connectivity index (χ3v) is 3.82. The average Bonchev–Trinajstić information content (AvgIpc) is 2.58. The lowest BCUT2D eigenvalue weighted by Crippen LogP contribution is -2.22. The highest BCUT2D eigenvalue weighted by Crippen LogP contribution is 2.15. The first kappa shape index (κ1) is 16.5. The molecule has 0 amide bonds. The van der Waals surface area contributed by atoms with E-state index in [9.17, 15) is 5.11 Å². The fraction of sp³-hybridized carbons (Fsp3) is 0.389. The zero-order valence-electron chi connectivity index (χ0n) is 13.4. The summed E-state index contributed by atoms with van der Waals surface area (Å²) in [5.41, 5.74) is 3.36. The predicted octanol–water partition coefficient (Wildman–Crippen LogP) is 2.75. The van der Waals surface area contributed by atoms with E-state index in [1.54, 1.807) is 12.4 Å². The van der Waals surface area contributed by atoms with Crippen LogP contribution in [0, 0.1) is 0 Å². The molecule has 0 radical (unpaired) electrons. The molecular weight excluding hydrogens is 274 g/mol. The van der Waals surface area contributed by atoms with Crippen LogP contribution in [0.5, 0.6) is 0 Å². The van der Waals surface area contributed by atoms with Crippen molar-refractivity contribution in [3.05, 3.63) is 59.9 Å². The van der Waals surface area contributed by atoms with E-state index >= 15 is 0 Å². The van der Waals surface area contributed by atoms with Crippen molar-refractivity contribution in [2.45, 2.75) is 26.5 Å². The van der Waals surface area contributed by atoms with Crippen molar-refractivity contribution in [3.8, 4) is 0 Å². The molecule has 0 aliphatic rings. The highest BCUT2D eigenvalue weighted by atomic mass is 16.3. The number of nitrogens with one attached hydrogen (secondary N) is 1. The molecule has 1 atom stereocenters. The van der Waals surface area contributed by atoms with Crippen LogP contribution in [0.25, 0.3) is 0 Å². The maximum Gasteiger partial charge on any atom is 0.0915 e. The monoisotopic (exact) mass is 299 g/mol. The van der Waals surface area contributed by atoms with E-state index in [2.05, 4.69) is 53.3 Å². The average molecular weight is 299 g/mol. The lowest BCUT2D eigenvalue weighted by Gasteiger charge is -2.21. The first-order valence-electron chi connectivity index (χ1n) is 7.87. The summed E-state index contributed by atoms with van der Waals surface area (Å²) in [4.78, 5) is 6.28. The number of hydrogen-bond donors (Lipinski definition) is 2. The summed E-state index contributed by atoms with van der Waals surface area (Å²) in [6, 6.07) is 12.3. The quantitative estimate of drug-likeness (QED) is 0.787. The van der Waals surface area contributed by atoms with Gasteiger partial charge in [0.15, 0.2) is 0 Å². The van der Waals surface area contributed by atoms with Crippen LogP contribution in [-0.4, -0.2) is 29.7 Å². The van der Waals surface area contributed by atoms with Gasteiger partial charge in [0.1, 0.15) is 0 Å². The molecule has 4 heteroatoms. The van der Waals surface area contributed by atoms with Crippen molar-refractivity contribution in [3.63, 3.8) is 0 Å². The predicted molar refractivity (Wildman–Crippen MR) is 90.9 cm³/mol. The topological polar surface area (TPSA) is 48.4 Å². The molecule has 0 aliphatic heterocycles. The van der Waals surface area contributed by atoms with Gasteiger partial charge in [-0.1, -0.05) is 12.1 Å². The third-order valence-electron chi connectivity index (χ3n) is 3.82. The number of aliphatic hydroxyl groups is 1. The number of pyridine rings is 1. The SMILES string of the molecule is CCN(CC)c1ccc(CNCC(O)c2ccncc2)cc1. The summed E-state index contributed by atoms with van der Waals surface area (Å²) >= 11 is 0. The second-order valence-electron chi connectivity index (χ2n) is 5.27. The van der Waals surface area contributed by atoms with Gasteiger partial charge in [-0.2, -0.15) is 0 Å². The maximum absolute atomic E-state index is 10.1. The summed E-state index contributed by atoms with van der Waals surface area (Å²) < 4.78 is 0. The number of nitrogens with zero attached hydrogens (tertiary/aromatic N) is 2. The van der Waals surface area contributed by atoms with Crippen molar-refractivity contribution < 1.29 is 5.11 Å². The van der Waals surface area contributed by atoms with Crippen molar-refractivity contribution in [1.82, 2.24) is 10.3 Å². The van der Waals surface area contributed by atoms with Gasteiger partial charge in [-0.3, -0.25) is 4.98 Å². The molecule has 118 valence electrons. The number of aliphatic hydroxyl groups excluding tert-OH is 1. The number of anilines is 1. The number of hydrogen-bond acceptors (Lipinski definition) is 4. The van der Waals surface area contributed by atoms with Gasteiger partial charge in [0, 0.05) is 44.3 Å². The van der Waals surface area contributed by atoms with E-state index in [4.69, 9.17) is 0 Å². The second kappa shape index (κ2) is 8.51. The smallest absolute Gasteiger partial charge is 0.0915 e. The van der Waals surface area contributed by atoms with Crippen LogP contribution in [0.1, 0.15) is 31.1 Å². The van der Waals surface area contributed by atoms with Crippen LogP contribution in [0.4, 0.5) is 5.69 Å². The maximum atomic E-state index is 10.1. The van der Waals surface area contributed by atoms with Gasteiger partial charge >= 0.3 is 0 Å². The van der Waals surface area contributed by atoms with Crippen LogP contribution < -0.4 is 10.2 Å². The summed E-state index contributed by atoms with van der Waals surface area (Å²) in [5.74, 6) is 0. The first-order valence-corrected chi connectivity index (χ1v) is 7.87. The number of aromatic nitrogens is 1. The minimum absolute atomic E-state index is 0.502. The van der Waals surface area contributed by atoms with Gasteiger partial charge < -0.3 is 15.3 Å². The fourth-order valence-corrected chi connectivity index (χ4v) is 2.47. The molecule has 0 saturated heterocycles. The van der Waals surface area contributed by atoms with Crippen LogP contribution in [0.2, 0.25) is 0 Å². The van der Waals surface area contributed by atoms with E-state index < -0.39 is 6.10 Å². The van der Waals surface area contributed by atoms with Gasteiger partial charge in [-0.25, -0.2) is 0 Å². The van der Waals surface area contributed by atoms with E-state index in [0.717, 1.165) is 25.2 Å². The molecule has 1 aromatic heterocycles. The zero-order valence-corrected chi connectivity index (χ0v) is 13.4. The molecule has 1 aromatic carbocycles. The Hall–Kier alpha value is -1.91. The Balaban J connectivity index is 1.82. The normalized spacial score (nSPS) is 12.1. The first-order chi connectivity index (χ1) is 10.7. The van der Waals surface area contributed by atoms with Crippen LogP contribution in [-0.2, 0) is 6.54 Å². The summed E-state index contributed by atoms with van der Waals surface area (Å²) in [7, 11) is 0. The molecular formula is C18H25N3O. The van der Waals surface area contributed by atoms with E-state index in [-0.39, 0.29) is 0 Å². The molecule has 0 bridgehead atoms. The van der Waals surface area contributed by atoms with Crippen molar-refractivity contribution in [2.75, 3.05) is 24.5 Å².